The van der Waals surface area contributed by atoms with E-state index >= 15 is 0 Å². The minimum absolute atomic E-state index is 0.143. The summed E-state index contributed by atoms with van der Waals surface area (Å²) in [5.41, 5.74) is 6.87. The van der Waals surface area contributed by atoms with Gasteiger partial charge >= 0.3 is 0 Å². The highest BCUT2D eigenvalue weighted by molar-refractivity contribution is 7.80. The molecule has 3 nitrogen and oxygen atoms in total. The van der Waals surface area contributed by atoms with Gasteiger partial charge in [-0.15, -0.1) is 0 Å². The molecular weight excluding hydrogens is 196 g/mol. The molecule has 0 saturated heterocycles. The molecule has 1 aromatic carbocycles. The zero-order valence-electron chi connectivity index (χ0n) is 7.91. The molecule has 0 heterocycles. The molecule has 0 unspecified atom stereocenters. The first-order valence-electron chi connectivity index (χ1n) is 4.23. The molecule has 3 N–H and O–H groups in total. The van der Waals surface area contributed by atoms with Gasteiger partial charge in [-0.3, -0.25) is 4.79 Å². The number of rotatable bonds is 3. The molecule has 0 saturated carbocycles. The molecule has 0 aliphatic heterocycles. The van der Waals surface area contributed by atoms with Crippen LogP contribution in [0.15, 0.2) is 24.3 Å². The molecule has 74 valence electrons. The maximum absolute atomic E-state index is 11.5. The van der Waals surface area contributed by atoms with Gasteiger partial charge in [0.2, 0.25) is 0 Å². The van der Waals surface area contributed by atoms with Gasteiger partial charge < -0.3 is 11.1 Å². The van der Waals surface area contributed by atoms with Crippen molar-refractivity contribution in [3.8, 4) is 0 Å². The Labute approximate surface area is 88.3 Å². The van der Waals surface area contributed by atoms with Crippen LogP contribution in [0, 0.1) is 6.92 Å². The SMILES string of the molecule is Cc1ccccc1C(=O)NCC(N)=S. The zero-order valence-corrected chi connectivity index (χ0v) is 8.73. The van der Waals surface area contributed by atoms with Crippen molar-refractivity contribution in [3.05, 3.63) is 35.4 Å². The van der Waals surface area contributed by atoms with Crippen LogP contribution in [0.2, 0.25) is 0 Å². The number of hydrogen-bond acceptors (Lipinski definition) is 2. The first-order chi connectivity index (χ1) is 6.61. The van der Waals surface area contributed by atoms with Crippen molar-refractivity contribution in [2.75, 3.05) is 6.54 Å². The van der Waals surface area contributed by atoms with E-state index in [9.17, 15) is 4.79 Å². The largest absolute Gasteiger partial charge is 0.392 e. The van der Waals surface area contributed by atoms with Gasteiger partial charge in [0.25, 0.3) is 5.91 Å². The van der Waals surface area contributed by atoms with Crippen molar-refractivity contribution in [1.29, 1.82) is 0 Å². The molecule has 1 rings (SSSR count). The lowest BCUT2D eigenvalue weighted by atomic mass is 10.1. The van der Waals surface area contributed by atoms with Crippen molar-refractivity contribution in [2.24, 2.45) is 5.73 Å². The first-order valence-corrected chi connectivity index (χ1v) is 4.64. The van der Waals surface area contributed by atoms with Crippen LogP contribution >= 0.6 is 12.2 Å². The molecule has 1 aromatic rings. The fraction of sp³-hybridized carbons (Fsp3) is 0.200. The monoisotopic (exact) mass is 208 g/mol. The first kappa shape index (κ1) is 10.7. The van der Waals surface area contributed by atoms with Gasteiger partial charge in [0, 0.05) is 5.56 Å². The summed E-state index contributed by atoms with van der Waals surface area (Å²) in [6.07, 6.45) is 0. The van der Waals surface area contributed by atoms with Crippen molar-refractivity contribution in [2.45, 2.75) is 6.92 Å². The van der Waals surface area contributed by atoms with Gasteiger partial charge in [0.1, 0.15) is 0 Å². The fourth-order valence-corrected chi connectivity index (χ4v) is 1.16. The second-order valence-corrected chi connectivity index (χ2v) is 3.49. The molecule has 1 amide bonds. The standard InChI is InChI=1S/C10H12N2OS/c1-7-4-2-3-5-8(7)10(13)12-6-9(11)14/h2-5H,6H2,1H3,(H2,11,14)(H,12,13). The average molecular weight is 208 g/mol. The molecule has 4 heteroatoms. The number of carbonyl (C=O) groups excluding carboxylic acids is 1. The number of nitrogens with two attached hydrogens (primary N) is 1. The summed E-state index contributed by atoms with van der Waals surface area (Å²) in [7, 11) is 0. The minimum atomic E-state index is -0.143. The lowest BCUT2D eigenvalue weighted by Crippen LogP contribution is -2.32. The van der Waals surface area contributed by atoms with Crippen molar-refractivity contribution >= 4 is 23.1 Å². The molecule has 0 bridgehead atoms. The molecule has 0 fully saturated rings. The Kier molecular flexibility index (Phi) is 3.59. The molecule has 0 aromatic heterocycles. The fourth-order valence-electron chi connectivity index (χ4n) is 1.09. The van der Waals surface area contributed by atoms with Crippen LogP contribution in [0.25, 0.3) is 0 Å². The van der Waals surface area contributed by atoms with Gasteiger partial charge in [-0.1, -0.05) is 30.4 Å². The van der Waals surface area contributed by atoms with Crippen molar-refractivity contribution < 1.29 is 4.79 Å². The Balaban J connectivity index is 2.70. The summed E-state index contributed by atoms with van der Waals surface area (Å²) in [6, 6.07) is 7.36. The molecule has 0 spiro atoms. The van der Waals surface area contributed by atoms with E-state index in [0.29, 0.717) is 5.56 Å². The van der Waals surface area contributed by atoms with Crippen LogP contribution in [0.3, 0.4) is 0 Å². The Bertz CT molecular complexity index is 363. The van der Waals surface area contributed by atoms with E-state index in [2.05, 4.69) is 17.5 Å². The summed E-state index contributed by atoms with van der Waals surface area (Å²) >= 11 is 4.66. The van der Waals surface area contributed by atoms with Crippen LogP contribution in [-0.4, -0.2) is 17.4 Å². The van der Waals surface area contributed by atoms with Crippen LogP contribution in [0.1, 0.15) is 15.9 Å². The normalized spacial score (nSPS) is 9.50. The maximum atomic E-state index is 11.5. The molecule has 14 heavy (non-hydrogen) atoms. The van der Waals surface area contributed by atoms with Gasteiger partial charge in [-0.25, -0.2) is 0 Å². The van der Waals surface area contributed by atoms with Crippen molar-refractivity contribution in [1.82, 2.24) is 5.32 Å². The molecule has 0 aliphatic carbocycles. The molecular formula is C10H12N2OS. The maximum Gasteiger partial charge on any atom is 0.251 e. The number of thiocarbonyl (C=S) groups is 1. The van der Waals surface area contributed by atoms with E-state index in [1.807, 2.05) is 25.1 Å². The second-order valence-electron chi connectivity index (χ2n) is 2.96. The van der Waals surface area contributed by atoms with E-state index < -0.39 is 0 Å². The number of amides is 1. The second kappa shape index (κ2) is 4.72. The lowest BCUT2D eigenvalue weighted by Gasteiger charge is -2.05. The molecule has 0 radical (unpaired) electrons. The molecule has 0 aliphatic rings. The van der Waals surface area contributed by atoms with Gasteiger partial charge in [-0.2, -0.15) is 0 Å². The third-order valence-electron chi connectivity index (χ3n) is 1.81. The zero-order chi connectivity index (χ0) is 10.6. The summed E-state index contributed by atoms with van der Waals surface area (Å²) in [5, 5.41) is 2.63. The highest BCUT2D eigenvalue weighted by atomic mass is 32.1. The summed E-state index contributed by atoms with van der Waals surface area (Å²) in [5.74, 6) is -0.143. The average Bonchev–Trinajstić information content (AvgIpc) is 2.15. The van der Waals surface area contributed by atoms with Gasteiger partial charge in [0.05, 0.1) is 11.5 Å². The predicted molar refractivity (Wildman–Crippen MR) is 60.3 cm³/mol. The number of nitrogens with one attached hydrogen (secondary N) is 1. The predicted octanol–water partition coefficient (Wildman–Crippen LogP) is 1.01. The highest BCUT2D eigenvalue weighted by Gasteiger charge is 2.06. The van der Waals surface area contributed by atoms with Gasteiger partial charge in [0.15, 0.2) is 0 Å². The number of hydrogen-bond donors (Lipinski definition) is 2. The summed E-state index contributed by atoms with van der Waals surface area (Å²) in [4.78, 5) is 11.8. The summed E-state index contributed by atoms with van der Waals surface area (Å²) in [6.45, 7) is 2.12. The van der Waals surface area contributed by atoms with Gasteiger partial charge in [-0.05, 0) is 18.6 Å². The Morgan fingerprint density at radius 2 is 2.14 bits per heavy atom. The van der Waals surface area contributed by atoms with E-state index in [0.717, 1.165) is 5.56 Å². The van der Waals surface area contributed by atoms with Crippen LogP contribution in [-0.2, 0) is 0 Å². The van der Waals surface area contributed by atoms with Crippen LogP contribution in [0.4, 0.5) is 0 Å². The lowest BCUT2D eigenvalue weighted by molar-refractivity contribution is 0.0959. The van der Waals surface area contributed by atoms with Crippen LogP contribution < -0.4 is 11.1 Å². The Hall–Kier alpha value is -1.42. The topological polar surface area (TPSA) is 55.1 Å². The quantitative estimate of drug-likeness (QED) is 0.729. The number of benzene rings is 1. The van der Waals surface area contributed by atoms with E-state index in [1.165, 1.54) is 0 Å². The highest BCUT2D eigenvalue weighted by Crippen LogP contribution is 2.05. The third kappa shape index (κ3) is 2.81. The van der Waals surface area contributed by atoms with E-state index in [4.69, 9.17) is 5.73 Å². The van der Waals surface area contributed by atoms with E-state index in [-0.39, 0.29) is 17.4 Å². The smallest absolute Gasteiger partial charge is 0.251 e. The van der Waals surface area contributed by atoms with E-state index in [1.54, 1.807) is 6.07 Å². The minimum Gasteiger partial charge on any atom is -0.392 e. The Morgan fingerprint density at radius 1 is 1.50 bits per heavy atom. The third-order valence-corrected chi connectivity index (χ3v) is 1.96. The number of carbonyl (C=O) groups is 1. The summed E-state index contributed by atoms with van der Waals surface area (Å²) < 4.78 is 0. The Morgan fingerprint density at radius 3 is 2.71 bits per heavy atom. The van der Waals surface area contributed by atoms with Crippen molar-refractivity contribution in [3.63, 3.8) is 0 Å². The van der Waals surface area contributed by atoms with Crippen LogP contribution in [0.5, 0.6) is 0 Å². The number of aryl methyl sites for hydroxylation is 1. The molecule has 0 atom stereocenters.